The number of nitrogens with one attached hydrogen (secondary N) is 1. The van der Waals surface area contributed by atoms with E-state index in [1.165, 1.54) is 6.26 Å². The molecule has 0 amide bonds. The van der Waals surface area contributed by atoms with Gasteiger partial charge in [0.15, 0.2) is 9.84 Å². The summed E-state index contributed by atoms with van der Waals surface area (Å²) in [5.41, 5.74) is 2.52. The first-order valence-corrected chi connectivity index (χ1v) is 9.15. The van der Waals surface area contributed by atoms with Gasteiger partial charge in [0.05, 0.1) is 29.2 Å². The molecule has 0 atom stereocenters. The van der Waals surface area contributed by atoms with Gasteiger partial charge in [0, 0.05) is 37.2 Å². The predicted molar refractivity (Wildman–Crippen MR) is 91.1 cm³/mol. The maximum absolute atomic E-state index is 11.5. The van der Waals surface area contributed by atoms with Crippen molar-refractivity contribution in [1.82, 2.24) is 19.7 Å². The van der Waals surface area contributed by atoms with Gasteiger partial charge >= 0.3 is 0 Å². The molecule has 0 saturated heterocycles. The number of anilines is 1. The summed E-state index contributed by atoms with van der Waals surface area (Å²) in [6, 6.07) is 6.60. The van der Waals surface area contributed by atoms with Crippen molar-refractivity contribution in [2.24, 2.45) is 7.05 Å². The van der Waals surface area contributed by atoms with E-state index in [1.54, 1.807) is 47.5 Å². The van der Waals surface area contributed by atoms with Gasteiger partial charge in [-0.05, 0) is 12.1 Å². The molecule has 0 spiro atoms. The van der Waals surface area contributed by atoms with Gasteiger partial charge in [-0.15, -0.1) is 0 Å². The Morgan fingerprint density at radius 2 is 1.88 bits per heavy atom. The Labute approximate surface area is 140 Å². The molecule has 3 rings (SSSR count). The van der Waals surface area contributed by atoms with Crippen molar-refractivity contribution >= 4 is 15.7 Å². The van der Waals surface area contributed by atoms with Crippen molar-refractivity contribution in [2.45, 2.75) is 11.4 Å². The SMILES string of the molecule is Cn1cc(CNc2cncc(-c3ccc(S(C)(=O)=O)cc3)n2)cn1. The standard InChI is InChI=1S/C16H17N5O2S/c1-21-11-12(8-19-21)7-18-16-10-17-9-15(20-16)13-3-5-14(6-4-13)24(2,22)23/h3-6,8-11H,7H2,1-2H3,(H,18,20). The molecule has 124 valence electrons. The van der Waals surface area contributed by atoms with Crippen molar-refractivity contribution < 1.29 is 8.42 Å². The van der Waals surface area contributed by atoms with Gasteiger partial charge in [-0.1, -0.05) is 12.1 Å². The summed E-state index contributed by atoms with van der Waals surface area (Å²) in [5.74, 6) is 0.642. The van der Waals surface area contributed by atoms with E-state index in [4.69, 9.17) is 0 Å². The molecular weight excluding hydrogens is 326 g/mol. The minimum Gasteiger partial charge on any atom is -0.365 e. The molecule has 0 aliphatic heterocycles. The van der Waals surface area contributed by atoms with E-state index in [0.29, 0.717) is 18.1 Å². The molecule has 0 aliphatic carbocycles. The van der Waals surface area contributed by atoms with E-state index in [9.17, 15) is 8.42 Å². The largest absolute Gasteiger partial charge is 0.365 e. The summed E-state index contributed by atoms with van der Waals surface area (Å²) in [4.78, 5) is 8.97. The highest BCUT2D eigenvalue weighted by Crippen LogP contribution is 2.20. The lowest BCUT2D eigenvalue weighted by atomic mass is 10.2. The number of benzene rings is 1. The summed E-state index contributed by atoms with van der Waals surface area (Å²) < 4.78 is 24.8. The number of aryl methyl sites for hydroxylation is 1. The summed E-state index contributed by atoms with van der Waals surface area (Å²) in [5, 5.41) is 7.31. The van der Waals surface area contributed by atoms with E-state index in [0.717, 1.165) is 11.1 Å². The normalized spacial score (nSPS) is 11.4. The minimum atomic E-state index is -3.20. The van der Waals surface area contributed by atoms with Crippen molar-refractivity contribution in [1.29, 1.82) is 0 Å². The summed E-state index contributed by atoms with van der Waals surface area (Å²) >= 11 is 0. The summed E-state index contributed by atoms with van der Waals surface area (Å²) in [6.45, 7) is 0.596. The van der Waals surface area contributed by atoms with Crippen LogP contribution in [-0.4, -0.2) is 34.4 Å². The second kappa shape index (κ2) is 6.40. The Morgan fingerprint density at radius 1 is 1.12 bits per heavy atom. The van der Waals surface area contributed by atoms with Crippen LogP contribution in [0.25, 0.3) is 11.3 Å². The Morgan fingerprint density at radius 3 is 2.50 bits per heavy atom. The number of rotatable bonds is 5. The van der Waals surface area contributed by atoms with Gasteiger partial charge in [0.25, 0.3) is 0 Å². The molecule has 0 fully saturated rings. The molecule has 0 radical (unpaired) electrons. The number of aromatic nitrogens is 4. The van der Waals surface area contributed by atoms with Crippen LogP contribution in [0.3, 0.4) is 0 Å². The maximum Gasteiger partial charge on any atom is 0.175 e. The van der Waals surface area contributed by atoms with Crippen LogP contribution in [0.1, 0.15) is 5.56 Å². The van der Waals surface area contributed by atoms with Gasteiger partial charge in [-0.25, -0.2) is 13.4 Å². The third-order valence-corrected chi connectivity index (χ3v) is 4.57. The van der Waals surface area contributed by atoms with Crippen molar-refractivity contribution in [3.63, 3.8) is 0 Å². The highest BCUT2D eigenvalue weighted by molar-refractivity contribution is 7.90. The van der Waals surface area contributed by atoms with Gasteiger partial charge in [0.2, 0.25) is 0 Å². The first-order chi connectivity index (χ1) is 11.4. The fourth-order valence-electron chi connectivity index (χ4n) is 2.22. The van der Waals surface area contributed by atoms with E-state index in [-0.39, 0.29) is 4.90 Å². The van der Waals surface area contributed by atoms with Gasteiger partial charge < -0.3 is 5.32 Å². The third kappa shape index (κ3) is 3.77. The highest BCUT2D eigenvalue weighted by Gasteiger charge is 2.08. The second-order valence-corrected chi connectivity index (χ2v) is 7.48. The lowest BCUT2D eigenvalue weighted by Crippen LogP contribution is -2.02. The molecule has 1 aromatic carbocycles. The topological polar surface area (TPSA) is 89.8 Å². The van der Waals surface area contributed by atoms with Crippen LogP contribution in [0, 0.1) is 0 Å². The monoisotopic (exact) mass is 343 g/mol. The number of hydrogen-bond donors (Lipinski definition) is 1. The number of sulfone groups is 1. The van der Waals surface area contributed by atoms with Crippen LogP contribution in [-0.2, 0) is 23.4 Å². The first kappa shape index (κ1) is 16.1. The summed E-state index contributed by atoms with van der Waals surface area (Å²) in [7, 11) is -1.34. The molecule has 2 aromatic heterocycles. The molecule has 8 heteroatoms. The first-order valence-electron chi connectivity index (χ1n) is 7.26. The van der Waals surface area contributed by atoms with Gasteiger partial charge in [0.1, 0.15) is 5.82 Å². The van der Waals surface area contributed by atoms with Crippen molar-refractivity contribution in [2.75, 3.05) is 11.6 Å². The van der Waals surface area contributed by atoms with Crippen LogP contribution in [0.15, 0.2) is 53.9 Å². The molecule has 0 bridgehead atoms. The second-order valence-electron chi connectivity index (χ2n) is 5.46. The lowest BCUT2D eigenvalue weighted by Gasteiger charge is -2.06. The molecule has 0 unspecified atom stereocenters. The molecule has 1 N–H and O–H groups in total. The Balaban J connectivity index is 1.77. The smallest absolute Gasteiger partial charge is 0.175 e. The van der Waals surface area contributed by atoms with E-state index < -0.39 is 9.84 Å². The molecule has 0 aliphatic rings. The number of nitrogens with zero attached hydrogens (tertiary/aromatic N) is 4. The molecule has 3 aromatic rings. The van der Waals surface area contributed by atoms with Gasteiger partial charge in [-0.3, -0.25) is 9.67 Å². The van der Waals surface area contributed by atoms with Crippen LogP contribution < -0.4 is 5.32 Å². The molecular formula is C16H17N5O2S. The van der Waals surface area contributed by atoms with E-state index >= 15 is 0 Å². The maximum atomic E-state index is 11.5. The van der Waals surface area contributed by atoms with Crippen molar-refractivity contribution in [3.05, 3.63) is 54.6 Å². The lowest BCUT2D eigenvalue weighted by molar-refractivity contribution is 0.602. The fraction of sp³-hybridized carbons (Fsp3) is 0.188. The van der Waals surface area contributed by atoms with Crippen molar-refractivity contribution in [3.8, 4) is 11.3 Å². The zero-order chi connectivity index (χ0) is 17.2. The average molecular weight is 343 g/mol. The fourth-order valence-corrected chi connectivity index (χ4v) is 2.85. The number of hydrogen-bond acceptors (Lipinski definition) is 6. The van der Waals surface area contributed by atoms with Crippen LogP contribution in [0.5, 0.6) is 0 Å². The highest BCUT2D eigenvalue weighted by atomic mass is 32.2. The van der Waals surface area contributed by atoms with E-state index in [1.807, 2.05) is 13.2 Å². The Bertz CT molecular complexity index is 949. The van der Waals surface area contributed by atoms with E-state index in [2.05, 4.69) is 20.4 Å². The molecule has 2 heterocycles. The van der Waals surface area contributed by atoms with Crippen LogP contribution in [0.2, 0.25) is 0 Å². The predicted octanol–water partition coefficient (Wildman–Crippen LogP) is 1.89. The summed E-state index contributed by atoms with van der Waals surface area (Å²) in [6.07, 6.45) is 8.18. The Kier molecular flexibility index (Phi) is 4.30. The molecule has 24 heavy (non-hydrogen) atoms. The van der Waals surface area contributed by atoms with Crippen LogP contribution >= 0.6 is 0 Å². The quantitative estimate of drug-likeness (QED) is 0.761. The Hall–Kier alpha value is -2.74. The third-order valence-electron chi connectivity index (χ3n) is 3.44. The minimum absolute atomic E-state index is 0.282. The molecule has 0 saturated carbocycles. The molecule has 7 nitrogen and oxygen atoms in total. The zero-order valence-electron chi connectivity index (χ0n) is 13.3. The van der Waals surface area contributed by atoms with Gasteiger partial charge in [-0.2, -0.15) is 5.10 Å². The zero-order valence-corrected chi connectivity index (χ0v) is 14.2. The average Bonchev–Trinajstić information content (AvgIpc) is 2.98. The van der Waals surface area contributed by atoms with Crippen LogP contribution in [0.4, 0.5) is 5.82 Å².